The van der Waals surface area contributed by atoms with Gasteiger partial charge in [0.05, 0.1) is 12.8 Å². The average molecular weight is 270 g/mol. The SMILES string of the molecule is C/C([C-]=CN(C)CC(N)=O)=C/C=O.[Y]. The zero-order valence-corrected chi connectivity index (χ0v) is 11.2. The summed E-state index contributed by atoms with van der Waals surface area (Å²) in [4.78, 5) is 22.0. The zero-order chi connectivity index (χ0) is 10.3. The Hall–Kier alpha value is -0.476. The number of nitrogens with two attached hydrogens (primary N) is 1. The second kappa shape index (κ2) is 9.09. The van der Waals surface area contributed by atoms with Crippen LogP contribution in [0.15, 0.2) is 17.8 Å². The number of aldehydes is 1. The van der Waals surface area contributed by atoms with Crippen LogP contribution in [0.25, 0.3) is 0 Å². The normalized spacial score (nSPS) is 10.9. The smallest absolute Gasteiger partial charge is 0.236 e. The van der Waals surface area contributed by atoms with Gasteiger partial charge in [-0.1, -0.05) is 13.1 Å². The Labute approximate surface area is 109 Å². The van der Waals surface area contributed by atoms with Crippen molar-refractivity contribution in [2.45, 2.75) is 6.92 Å². The van der Waals surface area contributed by atoms with Crippen molar-refractivity contribution in [1.82, 2.24) is 4.90 Å². The second-order valence-electron chi connectivity index (χ2n) is 2.64. The number of rotatable bonds is 5. The topological polar surface area (TPSA) is 63.4 Å². The zero-order valence-electron chi connectivity index (χ0n) is 8.36. The van der Waals surface area contributed by atoms with Crippen molar-refractivity contribution in [3.8, 4) is 0 Å². The van der Waals surface area contributed by atoms with Gasteiger partial charge < -0.3 is 15.4 Å². The maximum Gasteiger partial charge on any atom is 0.236 e. The third kappa shape index (κ3) is 9.61. The third-order valence-electron chi connectivity index (χ3n) is 1.24. The van der Waals surface area contributed by atoms with E-state index in [9.17, 15) is 9.59 Å². The number of allylic oxidation sites excluding steroid dienone is 3. The Morgan fingerprint density at radius 1 is 1.57 bits per heavy atom. The molecule has 0 saturated carbocycles. The molecule has 0 spiro atoms. The summed E-state index contributed by atoms with van der Waals surface area (Å²) < 4.78 is 0. The molecule has 0 aliphatic carbocycles. The summed E-state index contributed by atoms with van der Waals surface area (Å²) in [6.45, 7) is 1.88. The van der Waals surface area contributed by atoms with Gasteiger partial charge in [0.2, 0.25) is 5.91 Å². The Kier molecular flexibility index (Phi) is 10.4. The molecule has 0 atom stereocenters. The predicted octanol–water partition coefficient (Wildman–Crippen LogP) is -0.137. The minimum atomic E-state index is -0.405. The maximum absolute atomic E-state index is 10.4. The number of hydrogen-bond donors (Lipinski definition) is 1. The van der Waals surface area contributed by atoms with Crippen LogP contribution < -0.4 is 5.73 Å². The fourth-order valence-corrected chi connectivity index (χ4v) is 0.654. The quantitative estimate of drug-likeness (QED) is 0.327. The summed E-state index contributed by atoms with van der Waals surface area (Å²) in [5.74, 6) is -0.405. The van der Waals surface area contributed by atoms with E-state index in [1.807, 2.05) is 0 Å². The van der Waals surface area contributed by atoms with Gasteiger partial charge in [0.15, 0.2) is 0 Å². The summed E-state index contributed by atoms with van der Waals surface area (Å²) in [6, 6.07) is 0. The predicted molar refractivity (Wildman–Crippen MR) is 49.5 cm³/mol. The van der Waals surface area contributed by atoms with Gasteiger partial charge in [0.1, 0.15) is 0 Å². The van der Waals surface area contributed by atoms with E-state index < -0.39 is 5.91 Å². The van der Waals surface area contributed by atoms with E-state index in [-0.39, 0.29) is 39.3 Å². The number of likely N-dealkylation sites (N-methyl/N-ethyl adjacent to an activating group) is 1. The Balaban J connectivity index is 0. The van der Waals surface area contributed by atoms with Gasteiger partial charge in [0, 0.05) is 39.8 Å². The molecule has 0 aliphatic heterocycles. The summed E-state index contributed by atoms with van der Waals surface area (Å²) in [5.41, 5.74) is 5.66. The molecule has 14 heavy (non-hydrogen) atoms. The van der Waals surface area contributed by atoms with Crippen LogP contribution in [0.5, 0.6) is 0 Å². The third-order valence-corrected chi connectivity index (χ3v) is 1.24. The minimum Gasteiger partial charge on any atom is -0.389 e. The fraction of sp³-hybridized carbons (Fsp3) is 0.333. The van der Waals surface area contributed by atoms with Crippen molar-refractivity contribution in [3.05, 3.63) is 23.9 Å². The molecule has 1 radical (unpaired) electrons. The summed E-state index contributed by atoms with van der Waals surface area (Å²) >= 11 is 0. The number of amides is 1. The molecule has 1 amide bonds. The molecule has 0 unspecified atom stereocenters. The van der Waals surface area contributed by atoms with Crippen LogP contribution in [0.4, 0.5) is 0 Å². The molecule has 0 rings (SSSR count). The Bertz CT molecular complexity index is 249. The van der Waals surface area contributed by atoms with Crippen LogP contribution in [0.2, 0.25) is 0 Å². The molecule has 0 aromatic heterocycles. The molecule has 75 valence electrons. The van der Waals surface area contributed by atoms with Crippen LogP contribution in [-0.2, 0) is 42.3 Å². The Morgan fingerprint density at radius 2 is 2.14 bits per heavy atom. The van der Waals surface area contributed by atoms with E-state index in [1.54, 1.807) is 25.1 Å². The van der Waals surface area contributed by atoms with Gasteiger partial charge in [-0.25, -0.2) is 11.6 Å². The summed E-state index contributed by atoms with van der Waals surface area (Å²) in [5, 5.41) is 0. The van der Waals surface area contributed by atoms with Crippen molar-refractivity contribution in [1.29, 1.82) is 0 Å². The molecule has 0 aromatic carbocycles. The Morgan fingerprint density at radius 3 is 2.57 bits per heavy atom. The monoisotopic (exact) mass is 270 g/mol. The fourth-order valence-electron chi connectivity index (χ4n) is 0.654. The van der Waals surface area contributed by atoms with Gasteiger partial charge in [0.25, 0.3) is 0 Å². The van der Waals surface area contributed by atoms with Crippen LogP contribution in [0.3, 0.4) is 0 Å². The van der Waals surface area contributed by atoms with Crippen molar-refractivity contribution < 1.29 is 42.3 Å². The average Bonchev–Trinajstić information content (AvgIpc) is 2.00. The van der Waals surface area contributed by atoms with Crippen molar-refractivity contribution in [2.75, 3.05) is 13.6 Å². The van der Waals surface area contributed by atoms with Crippen LogP contribution >= 0.6 is 0 Å². The molecule has 2 N–H and O–H groups in total. The van der Waals surface area contributed by atoms with E-state index >= 15 is 0 Å². The van der Waals surface area contributed by atoms with E-state index in [0.29, 0.717) is 11.9 Å². The number of nitrogens with zero attached hydrogens (tertiary/aromatic N) is 1. The molecule has 0 fully saturated rings. The maximum atomic E-state index is 10.4. The molecule has 0 aliphatic rings. The van der Waals surface area contributed by atoms with Gasteiger partial charge in [-0.3, -0.25) is 4.79 Å². The molecule has 4 nitrogen and oxygen atoms in total. The van der Waals surface area contributed by atoms with Crippen LogP contribution in [0, 0.1) is 6.08 Å². The molecular formula is C9H13N2O2Y-. The van der Waals surface area contributed by atoms with Crippen molar-refractivity contribution >= 4 is 12.2 Å². The number of carbonyl (C=O) groups excluding carboxylic acids is 2. The molecular weight excluding hydrogens is 257 g/mol. The van der Waals surface area contributed by atoms with E-state index in [0.717, 1.165) is 0 Å². The first-order chi connectivity index (χ1) is 6.06. The van der Waals surface area contributed by atoms with Crippen LogP contribution in [0.1, 0.15) is 6.92 Å². The molecule has 0 heterocycles. The second-order valence-corrected chi connectivity index (χ2v) is 2.64. The van der Waals surface area contributed by atoms with Crippen molar-refractivity contribution in [3.63, 3.8) is 0 Å². The standard InChI is InChI=1S/C9H13N2O2.Y/c1-8(4-6-12)3-5-11(2)7-9(10)13;/h4-6H,7H2,1-2H3,(H2,10,13);/q-1;/b8-4-;. The van der Waals surface area contributed by atoms with Gasteiger partial charge in [-0.05, 0) is 0 Å². The van der Waals surface area contributed by atoms with E-state index in [4.69, 9.17) is 5.73 Å². The van der Waals surface area contributed by atoms with E-state index in [2.05, 4.69) is 6.08 Å². The van der Waals surface area contributed by atoms with E-state index in [1.165, 1.54) is 6.08 Å². The van der Waals surface area contributed by atoms with Gasteiger partial charge >= 0.3 is 0 Å². The molecule has 0 bridgehead atoms. The first-order valence-corrected chi connectivity index (χ1v) is 3.76. The first-order valence-electron chi connectivity index (χ1n) is 3.76. The molecule has 5 heteroatoms. The summed E-state index contributed by atoms with van der Waals surface area (Å²) in [7, 11) is 1.70. The molecule has 0 saturated heterocycles. The van der Waals surface area contributed by atoms with Gasteiger partial charge in [-0.2, -0.15) is 6.08 Å². The largest absolute Gasteiger partial charge is 0.389 e. The molecule has 0 aromatic rings. The van der Waals surface area contributed by atoms with Gasteiger partial charge in [-0.15, -0.1) is 0 Å². The van der Waals surface area contributed by atoms with Crippen LogP contribution in [-0.4, -0.2) is 30.7 Å². The van der Waals surface area contributed by atoms with Crippen molar-refractivity contribution in [2.24, 2.45) is 5.73 Å². The first kappa shape index (κ1) is 16.0. The minimum absolute atomic E-state index is 0. The number of hydrogen-bond acceptors (Lipinski definition) is 3. The summed E-state index contributed by atoms with van der Waals surface area (Å²) in [6.07, 6.45) is 6.45. The number of carbonyl (C=O) groups is 2. The number of primary amides is 1.